The van der Waals surface area contributed by atoms with E-state index in [0.29, 0.717) is 16.8 Å². The lowest BCUT2D eigenvalue weighted by Crippen LogP contribution is -2.19. The van der Waals surface area contributed by atoms with Crippen molar-refractivity contribution in [3.8, 4) is 5.75 Å². The summed E-state index contributed by atoms with van der Waals surface area (Å²) in [6, 6.07) is 8.58. The molecule has 0 saturated carbocycles. The zero-order chi connectivity index (χ0) is 19.3. The molecule has 2 N–H and O–H groups in total. The van der Waals surface area contributed by atoms with Crippen LogP contribution in [0.15, 0.2) is 47.4 Å². The molecule has 0 atom stereocenters. The smallest absolute Gasteiger partial charge is 0.248 e. The van der Waals surface area contributed by atoms with Crippen molar-refractivity contribution in [3.05, 3.63) is 59.4 Å². The Labute approximate surface area is 151 Å². The van der Waals surface area contributed by atoms with Crippen LogP contribution >= 0.6 is 0 Å². The largest absolute Gasteiger partial charge is 0.495 e. The van der Waals surface area contributed by atoms with Crippen LogP contribution in [0.1, 0.15) is 11.1 Å². The van der Waals surface area contributed by atoms with Gasteiger partial charge in [-0.2, -0.15) is 0 Å². The normalized spacial score (nSPS) is 11.5. The summed E-state index contributed by atoms with van der Waals surface area (Å²) < 4.78 is 44.5. The fourth-order valence-corrected chi connectivity index (χ4v) is 3.16. The topological polar surface area (TPSA) is 84.5 Å². The summed E-state index contributed by atoms with van der Waals surface area (Å²) in [5, 5.41) is 2.64. The van der Waals surface area contributed by atoms with Crippen molar-refractivity contribution >= 4 is 27.7 Å². The average Bonchev–Trinajstić information content (AvgIpc) is 2.62. The van der Waals surface area contributed by atoms with Crippen LogP contribution in [0.3, 0.4) is 0 Å². The van der Waals surface area contributed by atoms with Crippen LogP contribution in [-0.2, 0) is 14.8 Å². The van der Waals surface area contributed by atoms with E-state index in [9.17, 15) is 17.6 Å². The Hall–Kier alpha value is -2.71. The third kappa shape index (κ3) is 4.68. The Balaban J connectivity index is 2.22. The molecule has 2 rings (SSSR count). The van der Waals surface area contributed by atoms with Gasteiger partial charge >= 0.3 is 0 Å². The predicted octanol–water partition coefficient (Wildman–Crippen LogP) is 2.70. The van der Waals surface area contributed by atoms with Gasteiger partial charge in [0, 0.05) is 11.8 Å². The maximum atomic E-state index is 13.1. The Morgan fingerprint density at radius 3 is 2.54 bits per heavy atom. The Bertz CT molecular complexity index is 956. The summed E-state index contributed by atoms with van der Waals surface area (Å²) in [5.74, 6) is -0.607. The number of hydrogen-bond donors (Lipinski definition) is 2. The van der Waals surface area contributed by atoms with Crippen molar-refractivity contribution in [1.82, 2.24) is 4.72 Å². The molecule has 0 aliphatic heterocycles. The van der Waals surface area contributed by atoms with Crippen molar-refractivity contribution in [1.29, 1.82) is 0 Å². The molecule has 0 fully saturated rings. The minimum Gasteiger partial charge on any atom is -0.495 e. The van der Waals surface area contributed by atoms with Crippen LogP contribution in [-0.4, -0.2) is 28.5 Å². The maximum absolute atomic E-state index is 13.1. The van der Waals surface area contributed by atoms with Crippen molar-refractivity contribution in [2.75, 3.05) is 19.5 Å². The number of nitrogens with one attached hydrogen (secondary N) is 2. The number of carbonyl (C=O) groups is 1. The molecular formula is C18H19FN2O4S. The molecule has 0 spiro atoms. The number of amides is 1. The van der Waals surface area contributed by atoms with Gasteiger partial charge in [0.2, 0.25) is 15.9 Å². The summed E-state index contributed by atoms with van der Waals surface area (Å²) >= 11 is 0. The summed E-state index contributed by atoms with van der Waals surface area (Å²) in [7, 11) is -1.03. The monoisotopic (exact) mass is 378 g/mol. The highest BCUT2D eigenvalue weighted by Crippen LogP contribution is 2.25. The number of methoxy groups -OCH3 is 1. The van der Waals surface area contributed by atoms with Crippen LogP contribution in [0.4, 0.5) is 10.1 Å². The van der Waals surface area contributed by atoms with E-state index in [1.54, 1.807) is 13.0 Å². The number of hydrogen-bond acceptors (Lipinski definition) is 4. The van der Waals surface area contributed by atoms with Crippen molar-refractivity contribution in [2.24, 2.45) is 0 Å². The molecule has 26 heavy (non-hydrogen) atoms. The lowest BCUT2D eigenvalue weighted by atomic mass is 10.2. The number of halogens is 1. The van der Waals surface area contributed by atoms with Crippen molar-refractivity contribution in [3.63, 3.8) is 0 Å². The molecule has 0 saturated heterocycles. The molecule has 0 aliphatic rings. The standard InChI is InChI=1S/C18H19FN2O4S/c1-12-10-14(19)6-7-15(12)21-18(22)9-5-13-4-8-16(25-3)17(11-13)26(23,24)20-2/h4-11,20H,1-3H3,(H,21,22)/b9-5+. The van der Waals surface area contributed by atoms with Gasteiger partial charge in [0.05, 0.1) is 7.11 Å². The first-order valence-corrected chi connectivity index (χ1v) is 9.12. The molecule has 2 aromatic carbocycles. The van der Waals surface area contributed by atoms with E-state index in [1.807, 2.05) is 0 Å². The van der Waals surface area contributed by atoms with Crippen LogP contribution in [0.2, 0.25) is 0 Å². The number of aryl methyl sites for hydroxylation is 1. The molecule has 2 aromatic rings. The molecule has 0 aliphatic carbocycles. The molecule has 138 valence electrons. The van der Waals surface area contributed by atoms with E-state index < -0.39 is 15.9 Å². The van der Waals surface area contributed by atoms with Crippen LogP contribution in [0.5, 0.6) is 5.75 Å². The van der Waals surface area contributed by atoms with Gasteiger partial charge in [-0.05, 0) is 61.5 Å². The van der Waals surface area contributed by atoms with E-state index >= 15 is 0 Å². The number of rotatable bonds is 6. The van der Waals surface area contributed by atoms with Crippen LogP contribution < -0.4 is 14.8 Å². The lowest BCUT2D eigenvalue weighted by molar-refractivity contribution is -0.111. The van der Waals surface area contributed by atoms with E-state index in [-0.39, 0.29) is 16.5 Å². The molecule has 1 amide bonds. The third-order valence-electron chi connectivity index (χ3n) is 3.62. The maximum Gasteiger partial charge on any atom is 0.248 e. The Morgan fingerprint density at radius 1 is 1.19 bits per heavy atom. The quantitative estimate of drug-likeness (QED) is 0.757. The first kappa shape index (κ1) is 19.6. The molecule has 0 unspecified atom stereocenters. The number of sulfonamides is 1. The number of benzene rings is 2. The number of carbonyl (C=O) groups excluding carboxylic acids is 1. The van der Waals surface area contributed by atoms with Gasteiger partial charge in [0.15, 0.2) is 0 Å². The summed E-state index contributed by atoms with van der Waals surface area (Å²) in [4.78, 5) is 12.0. The van der Waals surface area contributed by atoms with Crippen LogP contribution in [0, 0.1) is 12.7 Å². The fraction of sp³-hybridized carbons (Fsp3) is 0.167. The van der Waals surface area contributed by atoms with Gasteiger partial charge in [-0.15, -0.1) is 0 Å². The molecule has 8 heteroatoms. The van der Waals surface area contributed by atoms with Crippen LogP contribution in [0.25, 0.3) is 6.08 Å². The van der Waals surface area contributed by atoms with E-state index in [1.165, 1.54) is 56.6 Å². The first-order chi connectivity index (χ1) is 12.3. The zero-order valence-electron chi connectivity index (χ0n) is 14.5. The van der Waals surface area contributed by atoms with Gasteiger partial charge < -0.3 is 10.1 Å². The Morgan fingerprint density at radius 2 is 1.92 bits per heavy atom. The second kappa shape index (κ2) is 8.11. The molecule has 0 heterocycles. The second-order valence-electron chi connectivity index (χ2n) is 5.40. The zero-order valence-corrected chi connectivity index (χ0v) is 15.4. The summed E-state index contributed by atoms with van der Waals surface area (Å²) in [6.07, 6.45) is 2.74. The van der Waals surface area contributed by atoms with Gasteiger partial charge in [-0.1, -0.05) is 6.07 Å². The first-order valence-electron chi connectivity index (χ1n) is 7.63. The van der Waals surface area contributed by atoms with Gasteiger partial charge in [0.1, 0.15) is 16.5 Å². The Kier molecular flexibility index (Phi) is 6.12. The lowest BCUT2D eigenvalue weighted by Gasteiger charge is -2.09. The molecule has 6 nitrogen and oxygen atoms in total. The molecule has 0 radical (unpaired) electrons. The third-order valence-corrected chi connectivity index (χ3v) is 5.05. The molecule has 0 bridgehead atoms. The minimum atomic E-state index is -3.71. The fourth-order valence-electron chi connectivity index (χ4n) is 2.23. The van der Waals surface area contributed by atoms with Gasteiger partial charge in [0.25, 0.3) is 0 Å². The van der Waals surface area contributed by atoms with E-state index in [4.69, 9.17) is 4.74 Å². The summed E-state index contributed by atoms with van der Waals surface area (Å²) in [5.41, 5.74) is 1.60. The van der Waals surface area contributed by atoms with E-state index in [2.05, 4.69) is 10.0 Å². The van der Waals surface area contributed by atoms with Gasteiger partial charge in [-0.3, -0.25) is 4.79 Å². The van der Waals surface area contributed by atoms with Crippen molar-refractivity contribution in [2.45, 2.75) is 11.8 Å². The van der Waals surface area contributed by atoms with E-state index in [0.717, 1.165) is 0 Å². The van der Waals surface area contributed by atoms with Crippen molar-refractivity contribution < 1.29 is 22.3 Å². The highest BCUT2D eigenvalue weighted by atomic mass is 32.2. The molecule has 0 aromatic heterocycles. The number of ether oxygens (including phenoxy) is 1. The SMILES string of the molecule is CNS(=O)(=O)c1cc(/C=C/C(=O)Nc2ccc(F)cc2C)ccc1OC. The summed E-state index contributed by atoms with van der Waals surface area (Å²) in [6.45, 7) is 1.68. The van der Waals surface area contributed by atoms with Gasteiger partial charge in [-0.25, -0.2) is 17.5 Å². The highest BCUT2D eigenvalue weighted by Gasteiger charge is 2.17. The number of anilines is 1. The molecular weight excluding hydrogens is 359 g/mol. The second-order valence-corrected chi connectivity index (χ2v) is 7.25. The minimum absolute atomic E-state index is 0.0283. The average molecular weight is 378 g/mol. The highest BCUT2D eigenvalue weighted by molar-refractivity contribution is 7.89. The predicted molar refractivity (Wildman–Crippen MR) is 98.0 cm³/mol.